The Labute approximate surface area is 121 Å². The Kier molecular flexibility index (Phi) is 4.44. The molecule has 1 saturated heterocycles. The number of nitrogens with zero attached hydrogens (tertiary/aromatic N) is 1. The van der Waals surface area contributed by atoms with Gasteiger partial charge in [-0.3, -0.25) is 5.41 Å². The van der Waals surface area contributed by atoms with E-state index in [-0.39, 0.29) is 24.7 Å². The van der Waals surface area contributed by atoms with Crippen LogP contribution in [0.25, 0.3) is 0 Å². The van der Waals surface area contributed by atoms with Crippen molar-refractivity contribution in [1.29, 1.82) is 5.41 Å². The zero-order chi connectivity index (χ0) is 14.0. The van der Waals surface area contributed by atoms with Crippen LogP contribution >= 0.6 is 15.9 Å². The molecule has 0 saturated carbocycles. The standard InChI is InChI=1S/C13H18BrN3O2/c1-8-5-17(6-9(7-18)19-8)11-4-2-3-10(14)12(11)13(15)16/h2-4,8-9,18H,5-7H2,1H3,(H3,15,16). The molecule has 1 heterocycles. The number of aliphatic hydroxyl groups is 1. The number of halogens is 1. The Morgan fingerprint density at radius 2 is 2.32 bits per heavy atom. The molecule has 6 heteroatoms. The maximum absolute atomic E-state index is 9.28. The van der Waals surface area contributed by atoms with Gasteiger partial charge in [-0.25, -0.2) is 0 Å². The number of hydrogen-bond donors (Lipinski definition) is 3. The molecule has 2 unspecified atom stereocenters. The number of nitrogens with two attached hydrogens (primary N) is 1. The maximum Gasteiger partial charge on any atom is 0.126 e. The second-order valence-electron chi connectivity index (χ2n) is 4.70. The molecule has 0 amide bonds. The molecule has 1 aliphatic heterocycles. The van der Waals surface area contributed by atoms with Crippen molar-refractivity contribution >= 4 is 27.5 Å². The number of rotatable bonds is 3. The predicted molar refractivity (Wildman–Crippen MR) is 78.8 cm³/mol. The SMILES string of the molecule is CC1CN(c2cccc(Br)c2C(=N)N)CC(CO)O1. The van der Waals surface area contributed by atoms with Crippen molar-refractivity contribution in [1.82, 2.24) is 0 Å². The molecule has 1 fully saturated rings. The second-order valence-corrected chi connectivity index (χ2v) is 5.56. The van der Waals surface area contributed by atoms with E-state index >= 15 is 0 Å². The van der Waals surface area contributed by atoms with E-state index in [1.807, 2.05) is 25.1 Å². The number of amidine groups is 1. The lowest BCUT2D eigenvalue weighted by Gasteiger charge is -2.38. The molecule has 104 valence electrons. The average Bonchev–Trinajstić information content (AvgIpc) is 2.37. The summed E-state index contributed by atoms with van der Waals surface area (Å²) in [6.07, 6.45) is -0.174. The molecule has 0 aromatic heterocycles. The molecule has 0 bridgehead atoms. The van der Waals surface area contributed by atoms with Crippen LogP contribution in [0, 0.1) is 5.41 Å². The first-order valence-electron chi connectivity index (χ1n) is 6.17. The summed E-state index contributed by atoms with van der Waals surface area (Å²) in [6.45, 7) is 3.27. The highest BCUT2D eigenvalue weighted by Gasteiger charge is 2.27. The molecule has 5 nitrogen and oxygen atoms in total. The topological polar surface area (TPSA) is 82.6 Å². The predicted octanol–water partition coefficient (Wildman–Crippen LogP) is 1.32. The molecule has 19 heavy (non-hydrogen) atoms. The van der Waals surface area contributed by atoms with Gasteiger partial charge >= 0.3 is 0 Å². The highest BCUT2D eigenvalue weighted by molar-refractivity contribution is 9.10. The summed E-state index contributed by atoms with van der Waals surface area (Å²) in [5.74, 6) is 0.0298. The van der Waals surface area contributed by atoms with Crippen molar-refractivity contribution in [3.05, 3.63) is 28.2 Å². The molecule has 1 aliphatic rings. The molecule has 2 rings (SSSR count). The van der Waals surface area contributed by atoms with Gasteiger partial charge in [-0.05, 0) is 35.0 Å². The van der Waals surface area contributed by atoms with Crippen LogP contribution < -0.4 is 10.6 Å². The van der Waals surface area contributed by atoms with E-state index in [1.54, 1.807) is 0 Å². The molecule has 1 aromatic carbocycles. The van der Waals surface area contributed by atoms with Crippen LogP contribution in [-0.4, -0.2) is 42.8 Å². The van der Waals surface area contributed by atoms with Gasteiger partial charge < -0.3 is 20.5 Å². The Morgan fingerprint density at radius 1 is 1.58 bits per heavy atom. The number of anilines is 1. The van der Waals surface area contributed by atoms with Crippen molar-refractivity contribution < 1.29 is 9.84 Å². The van der Waals surface area contributed by atoms with Gasteiger partial charge in [-0.2, -0.15) is 0 Å². The van der Waals surface area contributed by atoms with Gasteiger partial charge in [0.25, 0.3) is 0 Å². The van der Waals surface area contributed by atoms with E-state index in [9.17, 15) is 5.11 Å². The lowest BCUT2D eigenvalue weighted by Crippen LogP contribution is -2.48. The van der Waals surface area contributed by atoms with Gasteiger partial charge in [-0.1, -0.05) is 6.07 Å². The van der Waals surface area contributed by atoms with Crippen molar-refractivity contribution in [3.8, 4) is 0 Å². The Hall–Kier alpha value is -1.11. The van der Waals surface area contributed by atoms with Crippen LogP contribution in [-0.2, 0) is 4.74 Å². The van der Waals surface area contributed by atoms with Gasteiger partial charge in [0.15, 0.2) is 0 Å². The van der Waals surface area contributed by atoms with Gasteiger partial charge in [-0.15, -0.1) is 0 Å². The van der Waals surface area contributed by atoms with Crippen LogP contribution in [0.2, 0.25) is 0 Å². The van der Waals surface area contributed by atoms with Crippen LogP contribution in [0.1, 0.15) is 12.5 Å². The van der Waals surface area contributed by atoms with Gasteiger partial charge in [0.2, 0.25) is 0 Å². The lowest BCUT2D eigenvalue weighted by molar-refractivity contribution is -0.0421. The minimum Gasteiger partial charge on any atom is -0.394 e. The molecule has 1 aromatic rings. The first kappa shape index (κ1) is 14.3. The van der Waals surface area contributed by atoms with Crippen LogP contribution in [0.4, 0.5) is 5.69 Å². The maximum atomic E-state index is 9.28. The highest BCUT2D eigenvalue weighted by atomic mass is 79.9. The third-order valence-electron chi connectivity index (χ3n) is 3.13. The van der Waals surface area contributed by atoms with Crippen molar-refractivity contribution in [2.24, 2.45) is 5.73 Å². The van der Waals surface area contributed by atoms with E-state index in [1.165, 1.54) is 0 Å². The summed E-state index contributed by atoms with van der Waals surface area (Å²) in [6, 6.07) is 5.72. The van der Waals surface area contributed by atoms with Crippen LogP contribution in [0.15, 0.2) is 22.7 Å². The number of morpholine rings is 1. The van der Waals surface area contributed by atoms with E-state index in [4.69, 9.17) is 15.9 Å². The summed E-state index contributed by atoms with van der Waals surface area (Å²) in [5, 5.41) is 17.0. The molecule has 2 atom stereocenters. The second kappa shape index (κ2) is 5.90. The fourth-order valence-electron chi connectivity index (χ4n) is 2.39. The van der Waals surface area contributed by atoms with E-state index in [0.29, 0.717) is 18.7 Å². The molecule has 0 aliphatic carbocycles. The third-order valence-corrected chi connectivity index (χ3v) is 3.79. The Balaban J connectivity index is 2.35. The zero-order valence-electron chi connectivity index (χ0n) is 10.8. The van der Waals surface area contributed by atoms with Gasteiger partial charge in [0, 0.05) is 23.2 Å². The zero-order valence-corrected chi connectivity index (χ0v) is 12.4. The molecule has 0 radical (unpaired) electrons. The quantitative estimate of drug-likeness (QED) is 0.577. The monoisotopic (exact) mass is 327 g/mol. The minimum absolute atomic E-state index is 0.00967. The van der Waals surface area contributed by atoms with Gasteiger partial charge in [0.1, 0.15) is 5.84 Å². The largest absolute Gasteiger partial charge is 0.394 e. The summed E-state index contributed by atoms with van der Waals surface area (Å²) in [4.78, 5) is 2.11. The van der Waals surface area contributed by atoms with E-state index < -0.39 is 0 Å². The first-order chi connectivity index (χ1) is 9.02. The van der Waals surface area contributed by atoms with Crippen LogP contribution in [0.3, 0.4) is 0 Å². The fraction of sp³-hybridized carbons (Fsp3) is 0.462. The smallest absolute Gasteiger partial charge is 0.126 e. The summed E-state index contributed by atoms with van der Waals surface area (Å²) < 4.78 is 6.43. The first-order valence-corrected chi connectivity index (χ1v) is 6.96. The van der Waals surface area contributed by atoms with Gasteiger partial charge in [0.05, 0.1) is 24.4 Å². The van der Waals surface area contributed by atoms with E-state index in [2.05, 4.69) is 20.8 Å². The summed E-state index contributed by atoms with van der Waals surface area (Å²) >= 11 is 3.43. The van der Waals surface area contributed by atoms with Crippen molar-refractivity contribution in [2.45, 2.75) is 19.1 Å². The normalized spacial score (nSPS) is 23.4. The third kappa shape index (κ3) is 3.08. The number of benzene rings is 1. The number of aliphatic hydroxyl groups excluding tert-OH is 1. The molecule has 0 spiro atoms. The summed E-state index contributed by atoms with van der Waals surface area (Å²) in [5.41, 5.74) is 7.26. The van der Waals surface area contributed by atoms with E-state index in [0.717, 1.165) is 10.2 Å². The highest BCUT2D eigenvalue weighted by Crippen LogP contribution is 2.29. The lowest BCUT2D eigenvalue weighted by atomic mass is 10.1. The van der Waals surface area contributed by atoms with Crippen molar-refractivity contribution in [2.75, 3.05) is 24.6 Å². The number of ether oxygens (including phenoxy) is 1. The van der Waals surface area contributed by atoms with Crippen LogP contribution in [0.5, 0.6) is 0 Å². The van der Waals surface area contributed by atoms with Crippen molar-refractivity contribution in [3.63, 3.8) is 0 Å². The Bertz CT molecular complexity index is 481. The number of nitrogen functional groups attached to an aromatic ring is 1. The average molecular weight is 328 g/mol. The fourth-order valence-corrected chi connectivity index (χ4v) is 2.95. The number of hydrogen-bond acceptors (Lipinski definition) is 4. The molecule has 4 N–H and O–H groups in total. The molecular weight excluding hydrogens is 310 g/mol. The molecular formula is C13H18BrN3O2. The Morgan fingerprint density at radius 3 is 2.95 bits per heavy atom. The number of nitrogens with one attached hydrogen (secondary N) is 1. The minimum atomic E-state index is -0.206. The summed E-state index contributed by atoms with van der Waals surface area (Å²) in [7, 11) is 0.